The van der Waals surface area contributed by atoms with Gasteiger partial charge in [0.1, 0.15) is 30.0 Å². The van der Waals surface area contributed by atoms with Gasteiger partial charge in [-0.3, -0.25) is 0 Å². The van der Waals surface area contributed by atoms with Crippen LogP contribution in [0, 0.1) is 0 Å². The Balaban J connectivity index is 1.64. The van der Waals surface area contributed by atoms with Crippen molar-refractivity contribution in [2.24, 2.45) is 0 Å². The summed E-state index contributed by atoms with van der Waals surface area (Å²) in [4.78, 5) is 19.4. The van der Waals surface area contributed by atoms with E-state index in [2.05, 4.69) is 27.2 Å². The lowest BCUT2D eigenvalue weighted by molar-refractivity contribution is 0.0853. The molecule has 3 heterocycles. The molecule has 170 valence electrons. The first-order valence-electron chi connectivity index (χ1n) is 10.9. The quantitative estimate of drug-likeness (QED) is 0.466. The van der Waals surface area contributed by atoms with Crippen molar-refractivity contribution in [3.63, 3.8) is 0 Å². The van der Waals surface area contributed by atoms with Gasteiger partial charge in [0, 0.05) is 56.9 Å². The van der Waals surface area contributed by atoms with Gasteiger partial charge in [0.25, 0.3) is 0 Å². The molecule has 1 atom stereocenters. The molecule has 9 nitrogen and oxygen atoms in total. The van der Waals surface area contributed by atoms with E-state index in [9.17, 15) is 5.11 Å². The molecule has 1 unspecified atom stereocenters. The van der Waals surface area contributed by atoms with E-state index in [1.807, 2.05) is 30.3 Å². The number of hydrogen-bond donors (Lipinski definition) is 3. The van der Waals surface area contributed by atoms with Gasteiger partial charge in [0.15, 0.2) is 11.6 Å². The van der Waals surface area contributed by atoms with Crippen molar-refractivity contribution in [2.45, 2.75) is 25.0 Å². The SMILES string of the molecule is CNCC(O)COc1cccc(-c2nc(-c3ncc[nH]3)cc(N(C)C3CCOCC3)n2)c1. The summed E-state index contributed by atoms with van der Waals surface area (Å²) >= 11 is 0. The molecule has 32 heavy (non-hydrogen) atoms. The fourth-order valence-electron chi connectivity index (χ4n) is 3.74. The highest BCUT2D eigenvalue weighted by atomic mass is 16.5. The fraction of sp³-hybridized carbons (Fsp3) is 0.435. The largest absolute Gasteiger partial charge is 0.491 e. The molecule has 4 rings (SSSR count). The number of aromatic amines is 1. The third kappa shape index (κ3) is 5.42. The van der Waals surface area contributed by atoms with Crippen LogP contribution in [0.25, 0.3) is 22.9 Å². The highest BCUT2D eigenvalue weighted by Gasteiger charge is 2.22. The molecule has 0 spiro atoms. The van der Waals surface area contributed by atoms with Gasteiger partial charge in [0.2, 0.25) is 0 Å². The average Bonchev–Trinajstić information content (AvgIpc) is 3.38. The number of likely N-dealkylation sites (N-methyl/N-ethyl adjacent to an activating group) is 1. The molecule has 1 aliphatic heterocycles. The minimum atomic E-state index is -0.582. The first kappa shape index (κ1) is 22.2. The van der Waals surface area contributed by atoms with E-state index >= 15 is 0 Å². The number of H-pyrrole nitrogens is 1. The van der Waals surface area contributed by atoms with Crippen molar-refractivity contribution in [3.8, 4) is 28.7 Å². The Morgan fingerprint density at radius 1 is 1.28 bits per heavy atom. The highest BCUT2D eigenvalue weighted by molar-refractivity contribution is 5.65. The number of aliphatic hydroxyl groups excluding tert-OH is 1. The number of ether oxygens (including phenoxy) is 2. The summed E-state index contributed by atoms with van der Waals surface area (Å²) in [6.45, 7) is 2.19. The van der Waals surface area contributed by atoms with E-state index in [1.165, 1.54) is 0 Å². The zero-order chi connectivity index (χ0) is 22.3. The maximum absolute atomic E-state index is 9.92. The summed E-state index contributed by atoms with van der Waals surface area (Å²) in [5, 5.41) is 12.9. The lowest BCUT2D eigenvalue weighted by atomic mass is 10.1. The van der Waals surface area contributed by atoms with Gasteiger partial charge in [0.05, 0.1) is 0 Å². The summed E-state index contributed by atoms with van der Waals surface area (Å²) in [6, 6.07) is 9.94. The van der Waals surface area contributed by atoms with Gasteiger partial charge in [-0.2, -0.15) is 0 Å². The number of hydrogen-bond acceptors (Lipinski definition) is 8. The van der Waals surface area contributed by atoms with Crippen LogP contribution in [-0.4, -0.2) is 77.6 Å². The average molecular weight is 439 g/mol. The standard InChI is InChI=1S/C23H30N6O3/c1-24-14-18(30)15-32-19-5-3-4-16(12-19)22-27-20(23-25-8-9-26-23)13-21(28-22)29(2)17-6-10-31-11-7-17/h3-5,8-9,12-13,17-18,24,30H,6-7,10-11,14-15H2,1-2H3,(H,25,26). The van der Waals surface area contributed by atoms with Crippen LogP contribution in [0.2, 0.25) is 0 Å². The zero-order valence-electron chi connectivity index (χ0n) is 18.5. The van der Waals surface area contributed by atoms with E-state index < -0.39 is 6.10 Å². The van der Waals surface area contributed by atoms with Crippen molar-refractivity contribution in [1.29, 1.82) is 0 Å². The molecule has 3 aromatic rings. The van der Waals surface area contributed by atoms with Crippen molar-refractivity contribution in [2.75, 3.05) is 45.4 Å². The number of imidazole rings is 1. The second kappa shape index (κ2) is 10.5. The fourth-order valence-corrected chi connectivity index (χ4v) is 3.74. The van der Waals surface area contributed by atoms with Crippen LogP contribution >= 0.6 is 0 Å². The lowest BCUT2D eigenvalue weighted by Gasteiger charge is -2.32. The maximum Gasteiger partial charge on any atom is 0.162 e. The van der Waals surface area contributed by atoms with E-state index in [1.54, 1.807) is 19.4 Å². The molecular weight excluding hydrogens is 408 g/mol. The normalized spacial score (nSPS) is 15.5. The summed E-state index contributed by atoms with van der Waals surface area (Å²) in [5.41, 5.74) is 1.56. The van der Waals surface area contributed by atoms with Crippen molar-refractivity contribution < 1.29 is 14.6 Å². The predicted octanol–water partition coefficient (Wildman–Crippen LogP) is 2.11. The van der Waals surface area contributed by atoms with Crippen LogP contribution in [0.1, 0.15) is 12.8 Å². The molecule has 0 bridgehead atoms. The van der Waals surface area contributed by atoms with Crippen LogP contribution in [0.5, 0.6) is 5.75 Å². The van der Waals surface area contributed by atoms with Gasteiger partial charge in [-0.1, -0.05) is 12.1 Å². The summed E-state index contributed by atoms with van der Waals surface area (Å²) < 4.78 is 11.3. The lowest BCUT2D eigenvalue weighted by Crippen LogP contribution is -2.37. The molecule has 1 saturated heterocycles. The molecule has 9 heteroatoms. The Morgan fingerprint density at radius 3 is 2.88 bits per heavy atom. The minimum Gasteiger partial charge on any atom is -0.491 e. The molecule has 0 aliphatic carbocycles. The summed E-state index contributed by atoms with van der Waals surface area (Å²) in [7, 11) is 3.86. The van der Waals surface area contributed by atoms with Crippen LogP contribution in [0.3, 0.4) is 0 Å². The van der Waals surface area contributed by atoms with Gasteiger partial charge in [-0.05, 0) is 32.0 Å². The number of aliphatic hydroxyl groups is 1. The Labute approximate surface area is 187 Å². The minimum absolute atomic E-state index is 0.204. The number of aromatic nitrogens is 4. The molecule has 0 amide bonds. The number of rotatable bonds is 9. The smallest absolute Gasteiger partial charge is 0.162 e. The third-order valence-corrected chi connectivity index (χ3v) is 5.53. The molecule has 1 aromatic carbocycles. The Hall–Kier alpha value is -3.01. The van der Waals surface area contributed by atoms with Crippen molar-refractivity contribution in [3.05, 3.63) is 42.7 Å². The van der Waals surface area contributed by atoms with Gasteiger partial charge >= 0.3 is 0 Å². The van der Waals surface area contributed by atoms with E-state index in [0.29, 0.717) is 30.0 Å². The molecule has 0 saturated carbocycles. The number of nitrogens with zero attached hydrogens (tertiary/aromatic N) is 4. The highest BCUT2D eigenvalue weighted by Crippen LogP contribution is 2.28. The second-order valence-electron chi connectivity index (χ2n) is 7.88. The Morgan fingerprint density at radius 2 is 2.12 bits per heavy atom. The topological polar surface area (TPSA) is 108 Å². The molecule has 0 radical (unpaired) electrons. The first-order valence-corrected chi connectivity index (χ1v) is 10.9. The third-order valence-electron chi connectivity index (χ3n) is 5.53. The molecule has 2 aromatic heterocycles. The van der Waals surface area contributed by atoms with Crippen LogP contribution in [0.15, 0.2) is 42.7 Å². The predicted molar refractivity (Wildman–Crippen MR) is 123 cm³/mol. The van der Waals surface area contributed by atoms with Gasteiger partial charge in [-0.15, -0.1) is 0 Å². The van der Waals surface area contributed by atoms with Gasteiger partial charge in [-0.25, -0.2) is 15.0 Å². The van der Waals surface area contributed by atoms with Gasteiger partial charge < -0.3 is 29.8 Å². The number of nitrogens with one attached hydrogen (secondary N) is 2. The number of benzene rings is 1. The second-order valence-corrected chi connectivity index (χ2v) is 7.88. The monoisotopic (exact) mass is 438 g/mol. The van der Waals surface area contributed by atoms with Crippen LogP contribution < -0.4 is 15.0 Å². The van der Waals surface area contributed by atoms with Crippen LogP contribution in [-0.2, 0) is 4.74 Å². The molecule has 1 aliphatic rings. The first-order chi connectivity index (χ1) is 15.6. The van der Waals surface area contributed by atoms with Crippen LogP contribution in [0.4, 0.5) is 5.82 Å². The Kier molecular flexibility index (Phi) is 7.31. The maximum atomic E-state index is 9.92. The van der Waals surface area contributed by atoms with E-state index in [0.717, 1.165) is 43.1 Å². The van der Waals surface area contributed by atoms with Crippen molar-refractivity contribution in [1.82, 2.24) is 25.3 Å². The zero-order valence-corrected chi connectivity index (χ0v) is 18.5. The summed E-state index contributed by atoms with van der Waals surface area (Å²) in [5.74, 6) is 2.78. The van der Waals surface area contributed by atoms with E-state index in [-0.39, 0.29) is 6.61 Å². The molecule has 1 fully saturated rings. The number of anilines is 1. The Bertz CT molecular complexity index is 991. The summed E-state index contributed by atoms with van der Waals surface area (Å²) in [6.07, 6.45) is 4.84. The van der Waals surface area contributed by atoms with Crippen molar-refractivity contribution >= 4 is 5.82 Å². The molecular formula is C23H30N6O3. The molecule has 3 N–H and O–H groups in total. The van der Waals surface area contributed by atoms with E-state index in [4.69, 9.17) is 19.4 Å².